The van der Waals surface area contributed by atoms with Crippen LogP contribution in [0.3, 0.4) is 0 Å². The van der Waals surface area contributed by atoms with Crippen molar-refractivity contribution < 1.29 is 0 Å². The lowest BCUT2D eigenvalue weighted by atomic mass is 10.2. The maximum absolute atomic E-state index is 6.23. The molecule has 0 bridgehead atoms. The van der Waals surface area contributed by atoms with Gasteiger partial charge in [-0.1, -0.05) is 52.5 Å². The normalized spacial score (nSPS) is 11.2. The van der Waals surface area contributed by atoms with Crippen molar-refractivity contribution in [2.45, 2.75) is 0 Å². The minimum Gasteiger partial charge on any atom is -0.369 e. The third-order valence-corrected chi connectivity index (χ3v) is 4.43. The van der Waals surface area contributed by atoms with E-state index in [9.17, 15) is 0 Å². The molecule has 0 saturated carbocycles. The molecular weight excluding hydrogens is 340 g/mol. The fourth-order valence-corrected chi connectivity index (χ4v) is 2.71. The van der Waals surface area contributed by atoms with Gasteiger partial charge in [0.1, 0.15) is 0 Å². The highest BCUT2D eigenvalue weighted by molar-refractivity contribution is 6.43. The van der Waals surface area contributed by atoms with Crippen molar-refractivity contribution in [2.75, 3.05) is 5.73 Å². The van der Waals surface area contributed by atoms with Gasteiger partial charge >= 0.3 is 0 Å². The molecule has 0 radical (unpaired) electrons. The van der Waals surface area contributed by atoms with Crippen molar-refractivity contribution >= 4 is 63.4 Å². The van der Waals surface area contributed by atoms with Gasteiger partial charge < -0.3 is 5.73 Å². The van der Waals surface area contributed by atoms with Crippen LogP contribution in [0.15, 0.2) is 30.3 Å². The first-order chi connectivity index (χ1) is 9.49. The predicted molar refractivity (Wildman–Crippen MR) is 85.5 cm³/mol. The van der Waals surface area contributed by atoms with Gasteiger partial charge in [-0.05, 0) is 24.3 Å². The lowest BCUT2D eigenvalue weighted by Gasteiger charge is -2.10. The summed E-state index contributed by atoms with van der Waals surface area (Å²) in [5.41, 5.74) is 7.95. The van der Waals surface area contributed by atoms with Crippen LogP contribution in [0.4, 0.5) is 5.95 Å². The van der Waals surface area contributed by atoms with Crippen LogP contribution in [-0.2, 0) is 0 Å². The van der Waals surface area contributed by atoms with Crippen molar-refractivity contribution in [1.82, 2.24) is 9.55 Å². The Kier molecular flexibility index (Phi) is 3.46. The molecule has 1 heterocycles. The zero-order valence-electron chi connectivity index (χ0n) is 9.87. The average Bonchev–Trinajstić information content (AvgIpc) is 2.69. The van der Waals surface area contributed by atoms with Crippen LogP contribution in [-0.4, -0.2) is 9.55 Å². The summed E-state index contributed by atoms with van der Waals surface area (Å²) in [7, 11) is 0. The maximum atomic E-state index is 6.23. The molecule has 0 aliphatic carbocycles. The lowest BCUT2D eigenvalue weighted by Crippen LogP contribution is -2.01. The summed E-state index contributed by atoms with van der Waals surface area (Å²) in [6.07, 6.45) is 0. The number of nitrogen functional groups attached to an aromatic ring is 1. The molecule has 0 unspecified atom stereocenters. The van der Waals surface area contributed by atoms with Gasteiger partial charge in [-0.15, -0.1) is 0 Å². The Morgan fingerprint density at radius 3 is 2.40 bits per heavy atom. The summed E-state index contributed by atoms with van der Waals surface area (Å²) in [6.45, 7) is 0. The monoisotopic (exact) mass is 345 g/mol. The number of imidazole rings is 1. The Bertz CT molecular complexity index is 826. The molecule has 0 amide bonds. The van der Waals surface area contributed by atoms with E-state index in [0.29, 0.717) is 36.8 Å². The Morgan fingerprint density at radius 2 is 1.65 bits per heavy atom. The van der Waals surface area contributed by atoms with E-state index in [1.165, 1.54) is 0 Å². The predicted octanol–water partition coefficient (Wildman–Crippen LogP) is 5.22. The lowest BCUT2D eigenvalue weighted by molar-refractivity contribution is 1.11. The van der Waals surface area contributed by atoms with Crippen molar-refractivity contribution in [3.63, 3.8) is 0 Å². The molecule has 3 nitrogen and oxygen atoms in total. The van der Waals surface area contributed by atoms with E-state index in [2.05, 4.69) is 4.98 Å². The van der Waals surface area contributed by atoms with Gasteiger partial charge in [0.15, 0.2) is 0 Å². The smallest absolute Gasteiger partial charge is 0.205 e. The first-order valence-corrected chi connectivity index (χ1v) is 7.07. The van der Waals surface area contributed by atoms with Crippen LogP contribution in [0.2, 0.25) is 20.1 Å². The third kappa shape index (κ3) is 2.11. The molecule has 2 aromatic carbocycles. The molecule has 102 valence electrons. The largest absolute Gasteiger partial charge is 0.369 e. The number of rotatable bonds is 1. The van der Waals surface area contributed by atoms with Crippen molar-refractivity contribution in [3.8, 4) is 5.69 Å². The van der Waals surface area contributed by atoms with Gasteiger partial charge in [0.25, 0.3) is 0 Å². The standard InChI is InChI=1S/C13H7Cl4N3/c14-6-2-1-3-10(12(6)17)20-11-5-8(16)7(15)4-9(11)19-13(20)18/h1-5H,(H2,18,19). The highest BCUT2D eigenvalue weighted by Gasteiger charge is 2.15. The molecule has 1 aromatic heterocycles. The summed E-state index contributed by atoms with van der Waals surface area (Å²) >= 11 is 24.3. The highest BCUT2D eigenvalue weighted by Crippen LogP contribution is 2.35. The van der Waals surface area contributed by atoms with Crippen LogP contribution in [0.1, 0.15) is 0 Å². The topological polar surface area (TPSA) is 43.8 Å². The summed E-state index contributed by atoms with van der Waals surface area (Å²) in [5.74, 6) is 0.280. The van der Waals surface area contributed by atoms with Gasteiger partial charge in [0.2, 0.25) is 5.95 Å². The maximum Gasteiger partial charge on any atom is 0.205 e. The Hall–Kier alpha value is -1.13. The molecule has 0 aliphatic rings. The molecule has 2 N–H and O–H groups in total. The fourth-order valence-electron chi connectivity index (χ4n) is 2.01. The minimum atomic E-state index is 0.280. The number of anilines is 1. The quantitative estimate of drug-likeness (QED) is 0.656. The summed E-state index contributed by atoms with van der Waals surface area (Å²) < 4.78 is 1.69. The van der Waals surface area contributed by atoms with Crippen molar-refractivity contribution in [3.05, 3.63) is 50.4 Å². The summed E-state index contributed by atoms with van der Waals surface area (Å²) in [4.78, 5) is 4.26. The zero-order valence-corrected chi connectivity index (χ0v) is 12.9. The molecule has 0 spiro atoms. The SMILES string of the molecule is Nc1nc2cc(Cl)c(Cl)cc2n1-c1cccc(Cl)c1Cl. The molecule has 0 saturated heterocycles. The van der Waals surface area contributed by atoms with E-state index in [1.54, 1.807) is 34.9 Å². The van der Waals surface area contributed by atoms with Gasteiger partial charge in [0, 0.05) is 0 Å². The number of aromatic nitrogens is 2. The number of hydrogen-bond acceptors (Lipinski definition) is 2. The van der Waals surface area contributed by atoms with Crippen LogP contribution in [0.5, 0.6) is 0 Å². The number of benzene rings is 2. The average molecular weight is 347 g/mol. The molecule has 0 fully saturated rings. The fraction of sp³-hybridized carbons (Fsp3) is 0. The molecule has 0 atom stereocenters. The number of nitrogens with zero attached hydrogens (tertiary/aromatic N) is 2. The first kappa shape index (κ1) is 13.8. The van der Waals surface area contributed by atoms with Crippen LogP contribution < -0.4 is 5.73 Å². The minimum absolute atomic E-state index is 0.280. The zero-order chi connectivity index (χ0) is 14.4. The van der Waals surface area contributed by atoms with Crippen molar-refractivity contribution in [2.24, 2.45) is 0 Å². The van der Waals surface area contributed by atoms with Gasteiger partial charge in [-0.25, -0.2) is 4.98 Å². The summed E-state index contributed by atoms with van der Waals surface area (Å²) in [5, 5.41) is 1.66. The Balaban J connectivity index is 2.39. The number of hydrogen-bond donors (Lipinski definition) is 1. The highest BCUT2D eigenvalue weighted by atomic mass is 35.5. The second kappa shape index (κ2) is 5.01. The van der Waals surface area contributed by atoms with Crippen molar-refractivity contribution in [1.29, 1.82) is 0 Å². The van der Waals surface area contributed by atoms with Gasteiger partial charge in [-0.3, -0.25) is 4.57 Å². The number of nitrogens with two attached hydrogens (primary N) is 1. The number of halogens is 4. The second-order valence-corrected chi connectivity index (χ2v) is 5.73. The first-order valence-electron chi connectivity index (χ1n) is 5.56. The molecule has 3 rings (SSSR count). The van der Waals surface area contributed by atoms with E-state index in [0.717, 1.165) is 0 Å². The van der Waals surface area contributed by atoms with Crippen LogP contribution in [0.25, 0.3) is 16.7 Å². The summed E-state index contributed by atoms with van der Waals surface area (Å²) in [6, 6.07) is 8.64. The Morgan fingerprint density at radius 1 is 0.950 bits per heavy atom. The third-order valence-electron chi connectivity index (χ3n) is 2.89. The number of fused-ring (bicyclic) bond motifs is 1. The van der Waals surface area contributed by atoms with E-state index in [4.69, 9.17) is 52.1 Å². The Labute approximate surface area is 134 Å². The molecule has 20 heavy (non-hydrogen) atoms. The van der Waals surface area contributed by atoms with E-state index in [1.807, 2.05) is 0 Å². The molecule has 7 heteroatoms. The molecular formula is C13H7Cl4N3. The second-order valence-electron chi connectivity index (χ2n) is 4.13. The van der Waals surface area contributed by atoms with E-state index >= 15 is 0 Å². The molecule has 3 aromatic rings. The van der Waals surface area contributed by atoms with Crippen LogP contribution >= 0.6 is 46.4 Å². The van der Waals surface area contributed by atoms with E-state index < -0.39 is 0 Å². The van der Waals surface area contributed by atoms with Gasteiger partial charge in [0.05, 0.1) is 36.8 Å². The van der Waals surface area contributed by atoms with E-state index in [-0.39, 0.29) is 5.95 Å². The van der Waals surface area contributed by atoms with Crippen LogP contribution in [0, 0.1) is 0 Å². The molecule has 0 aliphatic heterocycles. The van der Waals surface area contributed by atoms with Gasteiger partial charge in [-0.2, -0.15) is 0 Å².